The monoisotopic (exact) mass is 321 g/mol. The van der Waals surface area contributed by atoms with Gasteiger partial charge in [-0.2, -0.15) is 0 Å². The van der Waals surface area contributed by atoms with Gasteiger partial charge in [-0.15, -0.1) is 0 Å². The molecule has 1 atom stereocenters. The van der Waals surface area contributed by atoms with Crippen molar-refractivity contribution in [2.75, 3.05) is 40.4 Å². The van der Waals surface area contributed by atoms with E-state index in [-0.39, 0.29) is 0 Å². The van der Waals surface area contributed by atoms with Crippen molar-refractivity contribution in [3.63, 3.8) is 0 Å². The number of nitrogens with zero attached hydrogens (tertiary/aromatic N) is 2. The third kappa shape index (κ3) is 4.76. The highest BCUT2D eigenvalue weighted by Gasteiger charge is 2.17. The second-order valence-corrected chi connectivity index (χ2v) is 5.55. The molecule has 0 bridgehead atoms. The Morgan fingerprint density at radius 3 is 2.35 bits per heavy atom. The van der Waals surface area contributed by atoms with Gasteiger partial charge >= 0.3 is 0 Å². The van der Waals surface area contributed by atoms with Crippen molar-refractivity contribution in [2.45, 2.75) is 25.9 Å². The Balaban J connectivity index is 2.09. The van der Waals surface area contributed by atoms with Crippen LogP contribution >= 0.6 is 0 Å². The van der Waals surface area contributed by atoms with Crippen LogP contribution in [-0.4, -0.2) is 56.4 Å². The van der Waals surface area contributed by atoms with E-state index in [1.54, 1.807) is 20.3 Å². The Hall–Kier alpha value is -1.95. The topological polar surface area (TPSA) is 66.3 Å². The van der Waals surface area contributed by atoms with Gasteiger partial charge in [-0.25, -0.2) is 0 Å². The summed E-state index contributed by atoms with van der Waals surface area (Å²) < 4.78 is 10.5. The first-order valence-electron chi connectivity index (χ1n) is 8.12. The maximum absolute atomic E-state index is 10.5. The van der Waals surface area contributed by atoms with E-state index in [0.29, 0.717) is 18.0 Å². The van der Waals surface area contributed by atoms with Gasteiger partial charge in [-0.05, 0) is 37.5 Å². The van der Waals surface area contributed by atoms with E-state index in [9.17, 15) is 5.11 Å². The predicted octanol–water partition coefficient (Wildman–Crippen LogP) is 1.80. The quantitative estimate of drug-likeness (QED) is 0.618. The van der Waals surface area contributed by atoms with Crippen molar-refractivity contribution in [3.8, 4) is 11.5 Å². The van der Waals surface area contributed by atoms with Crippen LogP contribution in [0.2, 0.25) is 0 Å². The van der Waals surface area contributed by atoms with Crippen molar-refractivity contribution >= 4 is 5.96 Å². The lowest BCUT2D eigenvalue weighted by atomic mass is 10.1. The standard InChI is InChI=1S/C17H27N3O3/c1-4-18-17(20-7-5-6-8-20)19-12-16(21)13-9-14(22-2)11-15(10-13)23-3/h9-11,16,21H,4-8,12H2,1-3H3,(H,18,19). The summed E-state index contributed by atoms with van der Waals surface area (Å²) in [7, 11) is 3.19. The Kier molecular flexibility index (Phi) is 6.52. The highest BCUT2D eigenvalue weighted by molar-refractivity contribution is 5.80. The largest absolute Gasteiger partial charge is 0.497 e. The summed E-state index contributed by atoms with van der Waals surface area (Å²) in [4.78, 5) is 6.82. The minimum atomic E-state index is -0.699. The predicted molar refractivity (Wildman–Crippen MR) is 91.3 cm³/mol. The molecule has 0 amide bonds. The van der Waals surface area contributed by atoms with Crippen molar-refractivity contribution < 1.29 is 14.6 Å². The minimum absolute atomic E-state index is 0.301. The van der Waals surface area contributed by atoms with Crippen LogP contribution in [-0.2, 0) is 0 Å². The number of benzene rings is 1. The van der Waals surface area contributed by atoms with Gasteiger partial charge in [0.1, 0.15) is 11.5 Å². The van der Waals surface area contributed by atoms with Crippen LogP contribution in [0, 0.1) is 0 Å². The molecule has 0 saturated carbocycles. The van der Waals surface area contributed by atoms with Crippen molar-refractivity contribution in [3.05, 3.63) is 23.8 Å². The maximum Gasteiger partial charge on any atom is 0.194 e. The van der Waals surface area contributed by atoms with E-state index in [1.165, 1.54) is 12.8 Å². The molecule has 2 N–H and O–H groups in total. The molecule has 0 aromatic heterocycles. The summed E-state index contributed by atoms with van der Waals surface area (Å²) in [6, 6.07) is 5.41. The molecule has 0 aliphatic carbocycles. The van der Waals surface area contributed by atoms with E-state index in [0.717, 1.165) is 31.2 Å². The van der Waals surface area contributed by atoms with Crippen LogP contribution in [0.5, 0.6) is 11.5 Å². The van der Waals surface area contributed by atoms with Gasteiger partial charge in [0.2, 0.25) is 0 Å². The first-order valence-corrected chi connectivity index (χ1v) is 8.12. The Labute approximate surface area is 138 Å². The second kappa shape index (κ2) is 8.62. The first kappa shape index (κ1) is 17.4. The molecule has 6 nitrogen and oxygen atoms in total. The molecule has 1 fully saturated rings. The van der Waals surface area contributed by atoms with Crippen molar-refractivity contribution in [2.24, 2.45) is 4.99 Å². The number of guanidine groups is 1. The molecule has 1 heterocycles. The number of likely N-dealkylation sites (tertiary alicyclic amines) is 1. The summed E-state index contributed by atoms with van der Waals surface area (Å²) in [6.07, 6.45) is 1.69. The summed E-state index contributed by atoms with van der Waals surface area (Å²) in [6.45, 7) is 5.21. The lowest BCUT2D eigenvalue weighted by Gasteiger charge is -2.21. The molecule has 6 heteroatoms. The Bertz CT molecular complexity index is 506. The molecule has 2 rings (SSSR count). The lowest BCUT2D eigenvalue weighted by molar-refractivity contribution is 0.185. The minimum Gasteiger partial charge on any atom is -0.497 e. The zero-order valence-electron chi connectivity index (χ0n) is 14.2. The van der Waals surface area contributed by atoms with Gasteiger partial charge in [0.05, 0.1) is 26.9 Å². The first-order chi connectivity index (χ1) is 11.2. The molecule has 1 unspecified atom stereocenters. The van der Waals surface area contributed by atoms with E-state index in [4.69, 9.17) is 9.47 Å². The zero-order chi connectivity index (χ0) is 16.7. The van der Waals surface area contributed by atoms with Crippen LogP contribution in [0.1, 0.15) is 31.4 Å². The maximum atomic E-state index is 10.5. The zero-order valence-corrected chi connectivity index (χ0v) is 14.2. The van der Waals surface area contributed by atoms with E-state index < -0.39 is 6.10 Å². The van der Waals surface area contributed by atoms with Crippen molar-refractivity contribution in [1.29, 1.82) is 0 Å². The Morgan fingerprint density at radius 1 is 1.22 bits per heavy atom. The van der Waals surface area contributed by atoms with Gasteiger partial charge in [0.25, 0.3) is 0 Å². The fraction of sp³-hybridized carbons (Fsp3) is 0.588. The number of ether oxygens (including phenoxy) is 2. The molecule has 1 aliphatic rings. The number of hydrogen-bond donors (Lipinski definition) is 2. The van der Waals surface area contributed by atoms with Crippen LogP contribution in [0.3, 0.4) is 0 Å². The molecule has 1 aromatic carbocycles. The number of rotatable bonds is 6. The molecule has 128 valence electrons. The SMILES string of the molecule is CCNC(=NCC(O)c1cc(OC)cc(OC)c1)N1CCCC1. The Morgan fingerprint density at radius 2 is 1.83 bits per heavy atom. The summed E-state index contributed by atoms with van der Waals surface area (Å²) in [5, 5.41) is 13.7. The van der Waals surface area contributed by atoms with Gasteiger partial charge in [0, 0.05) is 25.7 Å². The molecule has 1 saturated heterocycles. The van der Waals surface area contributed by atoms with Crippen LogP contribution < -0.4 is 14.8 Å². The summed E-state index contributed by atoms with van der Waals surface area (Å²) in [5.74, 6) is 2.20. The van der Waals surface area contributed by atoms with E-state index in [2.05, 4.69) is 22.1 Å². The molecule has 0 radical (unpaired) electrons. The third-order valence-electron chi connectivity index (χ3n) is 3.91. The number of methoxy groups -OCH3 is 2. The van der Waals surface area contributed by atoms with Crippen LogP contribution in [0.15, 0.2) is 23.2 Å². The van der Waals surface area contributed by atoms with Crippen LogP contribution in [0.25, 0.3) is 0 Å². The highest BCUT2D eigenvalue weighted by Crippen LogP contribution is 2.26. The molecular formula is C17H27N3O3. The van der Waals surface area contributed by atoms with Crippen LogP contribution in [0.4, 0.5) is 0 Å². The van der Waals surface area contributed by atoms with E-state index in [1.807, 2.05) is 12.1 Å². The average Bonchev–Trinajstić information content (AvgIpc) is 3.12. The number of aliphatic hydroxyl groups is 1. The molecule has 1 aliphatic heterocycles. The second-order valence-electron chi connectivity index (χ2n) is 5.55. The number of aliphatic imine (C=N–C) groups is 1. The average molecular weight is 321 g/mol. The molecule has 23 heavy (non-hydrogen) atoms. The molecule has 0 spiro atoms. The smallest absolute Gasteiger partial charge is 0.194 e. The summed E-state index contributed by atoms with van der Waals surface area (Å²) >= 11 is 0. The number of hydrogen-bond acceptors (Lipinski definition) is 4. The fourth-order valence-corrected chi connectivity index (χ4v) is 2.65. The lowest BCUT2D eigenvalue weighted by Crippen LogP contribution is -2.39. The fourth-order valence-electron chi connectivity index (χ4n) is 2.65. The molecule has 1 aromatic rings. The highest BCUT2D eigenvalue weighted by atomic mass is 16.5. The normalized spacial score (nSPS) is 16.3. The van der Waals surface area contributed by atoms with Gasteiger partial charge in [-0.3, -0.25) is 4.99 Å². The van der Waals surface area contributed by atoms with E-state index >= 15 is 0 Å². The number of aliphatic hydroxyl groups excluding tert-OH is 1. The summed E-state index contributed by atoms with van der Waals surface area (Å²) in [5.41, 5.74) is 0.738. The van der Waals surface area contributed by atoms with Crippen molar-refractivity contribution in [1.82, 2.24) is 10.2 Å². The van der Waals surface area contributed by atoms with Gasteiger partial charge < -0.3 is 24.8 Å². The third-order valence-corrected chi connectivity index (χ3v) is 3.91. The number of nitrogens with one attached hydrogen (secondary N) is 1. The van der Waals surface area contributed by atoms with Gasteiger partial charge in [-0.1, -0.05) is 0 Å². The molecular weight excluding hydrogens is 294 g/mol. The van der Waals surface area contributed by atoms with Gasteiger partial charge in [0.15, 0.2) is 5.96 Å².